The Balaban J connectivity index is 1.21. The van der Waals surface area contributed by atoms with Gasteiger partial charge >= 0.3 is 0 Å². The van der Waals surface area contributed by atoms with Crippen LogP contribution in [0.3, 0.4) is 0 Å². The second-order valence-corrected chi connectivity index (χ2v) is 9.48. The molecule has 4 rings (SSSR count). The van der Waals surface area contributed by atoms with Crippen molar-refractivity contribution in [3.63, 3.8) is 0 Å². The molecule has 0 unspecified atom stereocenters. The summed E-state index contributed by atoms with van der Waals surface area (Å²) in [6.07, 6.45) is 4.22. The van der Waals surface area contributed by atoms with Gasteiger partial charge in [0.2, 0.25) is 19.5 Å². The smallest absolute Gasteiger partial charge is 0.244 e. The molecule has 0 spiro atoms. The molecule has 0 atom stereocenters. The van der Waals surface area contributed by atoms with E-state index < -0.39 is 19.5 Å². The zero-order valence-corrected chi connectivity index (χ0v) is 21.2. The summed E-state index contributed by atoms with van der Waals surface area (Å²) in [5.41, 5.74) is 6.67. The minimum absolute atomic E-state index is 0.766. The van der Waals surface area contributed by atoms with Crippen LogP contribution in [0.2, 0.25) is 0 Å². The second-order valence-electron chi connectivity index (χ2n) is 7.29. The lowest BCUT2D eigenvalue weighted by atomic mass is 10.2. The molecule has 0 radical (unpaired) electrons. The van der Waals surface area contributed by atoms with E-state index in [1.165, 1.54) is 11.1 Å². The Morgan fingerprint density at radius 1 is 0.424 bits per heavy atom. The number of hydrogen-bond acceptors (Lipinski definition) is 3. The van der Waals surface area contributed by atoms with Crippen molar-refractivity contribution >= 4 is 31.7 Å². The Hall–Kier alpha value is -3.81. The molecule has 4 aromatic carbocycles. The molecule has 0 heterocycles. The zero-order valence-electron chi connectivity index (χ0n) is 18.3. The number of hydrogen-bond donors (Lipinski definition) is 0. The van der Waals surface area contributed by atoms with Crippen molar-refractivity contribution in [1.82, 2.24) is 0 Å². The van der Waals surface area contributed by atoms with Crippen molar-refractivity contribution in [2.45, 2.75) is 0 Å². The molecular weight excluding hydrogens is 440 g/mol. The number of ether oxygens (including phenoxy) is 1. The van der Waals surface area contributed by atoms with Gasteiger partial charge in [-0.25, -0.2) is 0 Å². The topological polar surface area (TPSA) is 27.7 Å². The van der Waals surface area contributed by atoms with Crippen LogP contribution in [0.1, 0.15) is 11.1 Å². The third-order valence-electron chi connectivity index (χ3n) is 4.80. The highest BCUT2D eigenvalue weighted by atomic mass is 28.2. The van der Waals surface area contributed by atoms with E-state index in [9.17, 15) is 0 Å². The molecule has 0 aliphatic rings. The average molecular weight is 467 g/mol. The molecule has 3 nitrogen and oxygen atoms in total. The maximum Gasteiger partial charge on any atom is 0.244 e. The minimum atomic E-state index is -0.766. The average Bonchev–Trinajstić information content (AvgIpc) is 2.88. The van der Waals surface area contributed by atoms with E-state index in [1.54, 1.807) is 0 Å². The molecule has 164 valence electrons. The first-order valence-corrected chi connectivity index (χ1v) is 13.7. The Morgan fingerprint density at radius 2 is 0.788 bits per heavy atom. The van der Waals surface area contributed by atoms with Crippen LogP contribution in [-0.4, -0.2) is 19.5 Å². The van der Waals surface area contributed by atoms with Crippen molar-refractivity contribution in [3.8, 4) is 23.0 Å². The van der Waals surface area contributed by atoms with Gasteiger partial charge in [0.25, 0.3) is 0 Å². The maximum atomic E-state index is 5.94. The molecule has 5 heteroatoms. The summed E-state index contributed by atoms with van der Waals surface area (Å²) in [4.78, 5) is 0. The molecule has 33 heavy (non-hydrogen) atoms. The molecule has 0 fully saturated rings. The quantitative estimate of drug-likeness (QED) is 0.279. The van der Waals surface area contributed by atoms with Crippen molar-refractivity contribution in [1.29, 1.82) is 0 Å². The van der Waals surface area contributed by atoms with Gasteiger partial charge in [0.15, 0.2) is 0 Å². The lowest BCUT2D eigenvalue weighted by molar-refractivity contribution is 0.480. The van der Waals surface area contributed by atoms with Crippen LogP contribution in [0, 0.1) is 0 Å². The summed E-state index contributed by atoms with van der Waals surface area (Å²) >= 11 is 0. The molecule has 0 aliphatic carbocycles. The number of rotatable bonds is 10. The first-order chi connectivity index (χ1) is 16.3. The molecule has 4 aromatic rings. The normalized spacial score (nSPS) is 11.8. The highest BCUT2D eigenvalue weighted by Gasteiger charge is 2.00. The fourth-order valence-electron chi connectivity index (χ4n) is 3.13. The van der Waals surface area contributed by atoms with Gasteiger partial charge in [-0.15, -0.1) is 0 Å². The van der Waals surface area contributed by atoms with E-state index in [4.69, 9.17) is 13.6 Å². The largest absolute Gasteiger partial charge is 0.546 e. The van der Waals surface area contributed by atoms with Crippen molar-refractivity contribution in [2.75, 3.05) is 0 Å². The first kappa shape index (κ1) is 22.4. The summed E-state index contributed by atoms with van der Waals surface area (Å²) in [5, 5.41) is 0. The first-order valence-electron chi connectivity index (χ1n) is 10.9. The van der Waals surface area contributed by atoms with E-state index in [1.807, 2.05) is 84.9 Å². The van der Waals surface area contributed by atoms with Crippen LogP contribution >= 0.6 is 0 Å². The van der Waals surface area contributed by atoms with Crippen LogP contribution in [0.5, 0.6) is 23.0 Å². The Kier molecular flexibility index (Phi) is 8.34. The minimum Gasteiger partial charge on any atom is -0.546 e. The summed E-state index contributed by atoms with van der Waals surface area (Å²) in [6, 6.07) is 36.0. The zero-order chi connectivity index (χ0) is 22.6. The van der Waals surface area contributed by atoms with Crippen molar-refractivity contribution in [2.24, 2.45) is 0 Å². The highest BCUT2D eigenvalue weighted by Crippen LogP contribution is 2.25. The van der Waals surface area contributed by atoms with Gasteiger partial charge in [0.1, 0.15) is 23.0 Å². The lowest BCUT2D eigenvalue weighted by Gasteiger charge is -2.09. The van der Waals surface area contributed by atoms with E-state index in [2.05, 4.69) is 47.8 Å². The summed E-state index contributed by atoms with van der Waals surface area (Å²) in [7, 11) is -1.53. The summed E-state index contributed by atoms with van der Waals surface area (Å²) in [5.74, 6) is 3.28. The summed E-state index contributed by atoms with van der Waals surface area (Å²) in [6.45, 7) is 0. The van der Waals surface area contributed by atoms with Crippen LogP contribution in [0.25, 0.3) is 12.2 Å². The fourth-order valence-corrected chi connectivity index (χ4v) is 4.83. The number of benzene rings is 4. The van der Waals surface area contributed by atoms with Gasteiger partial charge in [-0.3, -0.25) is 0 Å². The van der Waals surface area contributed by atoms with Gasteiger partial charge < -0.3 is 13.6 Å². The van der Waals surface area contributed by atoms with E-state index >= 15 is 0 Å². The molecule has 0 aromatic heterocycles. The predicted molar refractivity (Wildman–Crippen MR) is 142 cm³/mol. The maximum absolute atomic E-state index is 5.94. The van der Waals surface area contributed by atoms with E-state index in [0.29, 0.717) is 0 Å². The molecule has 0 aliphatic heterocycles. The predicted octanol–water partition coefficient (Wildman–Crippen LogP) is 5.75. The molecular formula is C28H26O3Si2. The Labute approximate surface area is 199 Å². The third-order valence-corrected chi connectivity index (χ3v) is 6.65. The standard InChI is InChI=1S/C28H26O3Si2/c1-3-7-23(8-4-1)19-21-32-30-27-15-11-25(12-16-27)29-26-13-17-28(18-14-26)31-33-22-20-24-9-5-2-6-10-24/h1-22H,32-33H2. The van der Waals surface area contributed by atoms with Gasteiger partial charge in [-0.1, -0.05) is 84.2 Å². The van der Waals surface area contributed by atoms with Crippen LogP contribution in [0.4, 0.5) is 0 Å². The Bertz CT molecular complexity index is 1060. The van der Waals surface area contributed by atoms with Gasteiger partial charge in [0.05, 0.1) is 0 Å². The SMILES string of the molecule is C(=Cc1ccccc1)[SiH2]Oc1ccc(Oc2ccc(O[SiH2]C=Cc3ccccc3)cc2)cc1. The molecule has 0 bridgehead atoms. The fraction of sp³-hybridized carbons (Fsp3) is 0. The highest BCUT2D eigenvalue weighted by molar-refractivity contribution is 6.37. The molecule has 0 N–H and O–H groups in total. The monoisotopic (exact) mass is 466 g/mol. The van der Waals surface area contributed by atoms with E-state index in [-0.39, 0.29) is 0 Å². The van der Waals surface area contributed by atoms with Crippen molar-refractivity contribution < 1.29 is 13.6 Å². The molecule has 0 saturated carbocycles. The summed E-state index contributed by atoms with van der Waals surface area (Å²) < 4.78 is 17.7. The van der Waals surface area contributed by atoms with Crippen LogP contribution in [-0.2, 0) is 0 Å². The lowest BCUT2D eigenvalue weighted by Crippen LogP contribution is -1.98. The van der Waals surface area contributed by atoms with Gasteiger partial charge in [-0.05, 0) is 59.7 Å². The van der Waals surface area contributed by atoms with Gasteiger partial charge in [-0.2, -0.15) is 0 Å². The third kappa shape index (κ3) is 7.68. The van der Waals surface area contributed by atoms with E-state index in [0.717, 1.165) is 23.0 Å². The molecule has 0 amide bonds. The van der Waals surface area contributed by atoms with Crippen molar-refractivity contribution in [3.05, 3.63) is 132 Å². The van der Waals surface area contributed by atoms with Crippen LogP contribution < -0.4 is 13.6 Å². The second kappa shape index (κ2) is 12.3. The molecule has 0 saturated heterocycles. The Morgan fingerprint density at radius 3 is 1.18 bits per heavy atom. The van der Waals surface area contributed by atoms with Gasteiger partial charge in [0, 0.05) is 0 Å². The van der Waals surface area contributed by atoms with Crippen LogP contribution in [0.15, 0.2) is 121 Å².